The van der Waals surface area contributed by atoms with Crippen LogP contribution in [0.4, 0.5) is 0 Å². The highest BCUT2D eigenvalue weighted by Gasteiger charge is 2.27. The first kappa shape index (κ1) is 18.7. The van der Waals surface area contributed by atoms with E-state index in [2.05, 4.69) is 60.2 Å². The summed E-state index contributed by atoms with van der Waals surface area (Å²) in [6, 6.07) is 13.2. The molecule has 140 valence electrons. The van der Waals surface area contributed by atoms with Gasteiger partial charge in [0.1, 0.15) is 0 Å². The molecule has 1 aromatic carbocycles. The lowest BCUT2D eigenvalue weighted by molar-refractivity contribution is -0.135. The Morgan fingerprint density at radius 2 is 2.00 bits per heavy atom. The molecule has 2 aromatic rings. The van der Waals surface area contributed by atoms with Crippen molar-refractivity contribution in [2.45, 2.75) is 71.4 Å². The smallest absolute Gasteiger partial charge is 0.224 e. The molecule has 2 heterocycles. The first-order valence-corrected chi connectivity index (χ1v) is 9.90. The van der Waals surface area contributed by atoms with E-state index in [1.54, 1.807) is 0 Å². The Hall–Kier alpha value is -2.10. The van der Waals surface area contributed by atoms with Crippen LogP contribution in [0, 0.1) is 13.8 Å². The summed E-state index contributed by atoms with van der Waals surface area (Å²) >= 11 is 0. The van der Waals surface area contributed by atoms with Gasteiger partial charge in [0.25, 0.3) is 0 Å². The number of carbonyl (C=O) groups excluding carboxylic acids is 1. The molecule has 0 spiro atoms. The predicted octanol–water partition coefficient (Wildman–Crippen LogP) is 4.46. The molecular formula is C22H31N3O. The van der Waals surface area contributed by atoms with Gasteiger partial charge in [-0.15, -0.1) is 0 Å². The van der Waals surface area contributed by atoms with Crippen LogP contribution in [0.15, 0.2) is 36.4 Å². The summed E-state index contributed by atoms with van der Waals surface area (Å²) in [5.74, 6) is 0.280. The predicted molar refractivity (Wildman–Crippen MR) is 105 cm³/mol. The van der Waals surface area contributed by atoms with Gasteiger partial charge < -0.3 is 4.90 Å². The number of hydrogen-bond donors (Lipinski definition) is 0. The molecule has 0 bridgehead atoms. The molecule has 1 saturated heterocycles. The van der Waals surface area contributed by atoms with E-state index in [4.69, 9.17) is 0 Å². The van der Waals surface area contributed by atoms with Crippen LogP contribution in [0.2, 0.25) is 0 Å². The Kier molecular flexibility index (Phi) is 6.12. The number of likely N-dealkylation sites (tertiary alicyclic amines) is 1. The number of nitrogens with zero attached hydrogens (tertiary/aromatic N) is 3. The van der Waals surface area contributed by atoms with Crippen molar-refractivity contribution in [3.63, 3.8) is 0 Å². The molecule has 0 radical (unpaired) electrons. The van der Waals surface area contributed by atoms with E-state index in [0.29, 0.717) is 12.5 Å². The highest BCUT2D eigenvalue weighted by atomic mass is 16.2. The normalized spacial score (nSPS) is 18.7. The average Bonchev–Trinajstić information content (AvgIpc) is 2.99. The van der Waals surface area contributed by atoms with E-state index < -0.39 is 0 Å². The van der Waals surface area contributed by atoms with Crippen molar-refractivity contribution < 1.29 is 4.79 Å². The summed E-state index contributed by atoms with van der Waals surface area (Å²) in [5.41, 5.74) is 3.50. The van der Waals surface area contributed by atoms with Gasteiger partial charge >= 0.3 is 0 Å². The van der Waals surface area contributed by atoms with Crippen LogP contribution < -0.4 is 0 Å². The summed E-state index contributed by atoms with van der Waals surface area (Å²) < 4.78 is 2.00. The number of hydrogen-bond acceptors (Lipinski definition) is 2. The molecule has 3 rings (SSSR count). The number of piperidine rings is 1. The van der Waals surface area contributed by atoms with Crippen molar-refractivity contribution in [2.75, 3.05) is 6.54 Å². The average molecular weight is 354 g/mol. The topological polar surface area (TPSA) is 38.1 Å². The molecule has 0 N–H and O–H groups in total. The fourth-order valence-electron chi connectivity index (χ4n) is 4.16. The molecule has 2 atom stereocenters. The Morgan fingerprint density at radius 3 is 2.69 bits per heavy atom. The van der Waals surface area contributed by atoms with Gasteiger partial charge in [-0.3, -0.25) is 9.48 Å². The van der Waals surface area contributed by atoms with E-state index in [0.717, 1.165) is 43.6 Å². The van der Waals surface area contributed by atoms with Gasteiger partial charge in [-0.25, -0.2) is 0 Å². The molecule has 1 aliphatic heterocycles. The van der Waals surface area contributed by atoms with E-state index in [1.807, 2.05) is 11.6 Å². The maximum absolute atomic E-state index is 13.0. The second-order valence-corrected chi connectivity index (χ2v) is 7.69. The molecule has 1 aromatic heterocycles. The van der Waals surface area contributed by atoms with Crippen LogP contribution in [0.25, 0.3) is 0 Å². The number of benzene rings is 1. The minimum Gasteiger partial charge on any atom is -0.340 e. The van der Waals surface area contributed by atoms with E-state index in [9.17, 15) is 4.79 Å². The third-order valence-electron chi connectivity index (χ3n) is 5.49. The van der Waals surface area contributed by atoms with Crippen LogP contribution in [-0.2, 0) is 11.2 Å². The first-order valence-electron chi connectivity index (χ1n) is 9.90. The van der Waals surface area contributed by atoms with Gasteiger partial charge in [-0.2, -0.15) is 5.10 Å². The largest absolute Gasteiger partial charge is 0.340 e. The van der Waals surface area contributed by atoms with Crippen LogP contribution in [-0.4, -0.2) is 33.2 Å². The summed E-state index contributed by atoms with van der Waals surface area (Å²) in [6.07, 6.45) is 6.13. The highest BCUT2D eigenvalue weighted by Crippen LogP contribution is 2.24. The molecule has 0 unspecified atom stereocenters. The molecule has 1 fully saturated rings. The zero-order chi connectivity index (χ0) is 18.5. The minimum absolute atomic E-state index is 0.105. The third kappa shape index (κ3) is 4.54. The van der Waals surface area contributed by atoms with Crippen molar-refractivity contribution in [2.24, 2.45) is 0 Å². The first-order chi connectivity index (χ1) is 12.5. The molecule has 4 nitrogen and oxygen atoms in total. The molecule has 0 saturated carbocycles. The fourth-order valence-corrected chi connectivity index (χ4v) is 4.16. The summed E-state index contributed by atoms with van der Waals surface area (Å²) in [4.78, 5) is 15.2. The van der Waals surface area contributed by atoms with Gasteiger partial charge in [0.05, 0.1) is 11.7 Å². The molecule has 4 heteroatoms. The lowest BCUT2D eigenvalue weighted by atomic mass is 9.95. The van der Waals surface area contributed by atoms with Gasteiger partial charge in [-0.05, 0) is 64.5 Å². The Bertz CT molecular complexity index is 722. The number of aryl methyl sites for hydroxylation is 3. The number of carbonyl (C=O) groups is 1. The van der Waals surface area contributed by atoms with Crippen LogP contribution in [0.3, 0.4) is 0 Å². The lowest BCUT2D eigenvalue weighted by Gasteiger charge is -2.36. The van der Waals surface area contributed by atoms with Crippen molar-refractivity contribution in [1.29, 1.82) is 0 Å². The van der Waals surface area contributed by atoms with Crippen LogP contribution in [0.5, 0.6) is 0 Å². The molecule has 0 aliphatic carbocycles. The monoisotopic (exact) mass is 353 g/mol. The SMILES string of the molecule is Cc1cc(C)n([C@H](C)CC(=O)N2CCCC[C@@H]2CCc2ccccc2)n1. The molecule has 1 amide bonds. The highest BCUT2D eigenvalue weighted by molar-refractivity contribution is 5.77. The zero-order valence-corrected chi connectivity index (χ0v) is 16.3. The second-order valence-electron chi connectivity index (χ2n) is 7.69. The standard InChI is InChI=1S/C22H31N3O/c1-17-15-18(2)25(23-17)19(3)16-22(26)24-14-8-7-11-21(24)13-12-20-9-5-4-6-10-20/h4-6,9-10,15,19,21H,7-8,11-14,16H2,1-3H3/t19-,21-/m1/s1. The van der Waals surface area contributed by atoms with E-state index in [1.165, 1.54) is 12.0 Å². The second kappa shape index (κ2) is 8.52. The van der Waals surface area contributed by atoms with Crippen LogP contribution in [0.1, 0.15) is 62.0 Å². The van der Waals surface area contributed by atoms with Gasteiger partial charge in [0.2, 0.25) is 5.91 Å². The minimum atomic E-state index is 0.105. The van der Waals surface area contributed by atoms with Crippen molar-refractivity contribution >= 4 is 5.91 Å². The zero-order valence-electron chi connectivity index (χ0n) is 16.3. The Labute approximate surface area is 157 Å². The molecule has 1 aliphatic rings. The molecule has 26 heavy (non-hydrogen) atoms. The number of aromatic nitrogens is 2. The number of amides is 1. The van der Waals surface area contributed by atoms with Crippen molar-refractivity contribution in [1.82, 2.24) is 14.7 Å². The lowest BCUT2D eigenvalue weighted by Crippen LogP contribution is -2.44. The Morgan fingerprint density at radius 1 is 1.23 bits per heavy atom. The Balaban J connectivity index is 1.61. The van der Waals surface area contributed by atoms with Crippen LogP contribution >= 0.6 is 0 Å². The van der Waals surface area contributed by atoms with E-state index in [-0.39, 0.29) is 11.9 Å². The van der Waals surface area contributed by atoms with Gasteiger partial charge in [-0.1, -0.05) is 30.3 Å². The maximum Gasteiger partial charge on any atom is 0.224 e. The molecular weight excluding hydrogens is 322 g/mol. The van der Waals surface area contributed by atoms with Crippen molar-refractivity contribution in [3.8, 4) is 0 Å². The summed E-state index contributed by atoms with van der Waals surface area (Å²) in [5, 5.41) is 4.55. The fraction of sp³-hybridized carbons (Fsp3) is 0.545. The third-order valence-corrected chi connectivity index (χ3v) is 5.49. The van der Waals surface area contributed by atoms with Gasteiger partial charge in [0.15, 0.2) is 0 Å². The van der Waals surface area contributed by atoms with Gasteiger partial charge in [0, 0.05) is 24.7 Å². The van der Waals surface area contributed by atoms with Crippen molar-refractivity contribution in [3.05, 3.63) is 53.3 Å². The maximum atomic E-state index is 13.0. The quantitative estimate of drug-likeness (QED) is 0.769. The van der Waals surface area contributed by atoms with E-state index >= 15 is 0 Å². The summed E-state index contributed by atoms with van der Waals surface area (Å²) in [7, 11) is 0. The number of rotatable bonds is 6. The summed E-state index contributed by atoms with van der Waals surface area (Å²) in [6.45, 7) is 7.06.